The van der Waals surface area contributed by atoms with E-state index in [2.05, 4.69) is 29.4 Å². The van der Waals surface area contributed by atoms with Gasteiger partial charge in [0.15, 0.2) is 0 Å². The summed E-state index contributed by atoms with van der Waals surface area (Å²) in [5.74, 6) is 0.685. The third-order valence-corrected chi connectivity index (χ3v) is 4.41. The molecule has 0 radical (unpaired) electrons. The zero-order valence-corrected chi connectivity index (χ0v) is 15.3. The van der Waals surface area contributed by atoms with Crippen molar-refractivity contribution in [2.24, 2.45) is 0 Å². The quantitative estimate of drug-likeness (QED) is 0.756. The van der Waals surface area contributed by atoms with E-state index in [1.807, 2.05) is 6.07 Å². The molecule has 1 aliphatic rings. The van der Waals surface area contributed by atoms with Crippen LogP contribution >= 0.6 is 0 Å². The Morgan fingerprint density at radius 3 is 2.68 bits per heavy atom. The van der Waals surface area contributed by atoms with Crippen LogP contribution in [0.15, 0.2) is 18.2 Å². The molecule has 0 aromatic heterocycles. The summed E-state index contributed by atoms with van der Waals surface area (Å²) in [7, 11) is 1.56. The van der Waals surface area contributed by atoms with Gasteiger partial charge in [-0.2, -0.15) is 0 Å². The molecule has 0 spiro atoms. The number of rotatable bonds is 8. The van der Waals surface area contributed by atoms with Crippen LogP contribution in [-0.4, -0.2) is 56.7 Å². The second-order valence-electron chi connectivity index (χ2n) is 5.94. The van der Waals surface area contributed by atoms with E-state index >= 15 is 0 Å². The monoisotopic (exact) mass is 348 g/mol. The maximum Gasteiger partial charge on any atom is 0.319 e. The molecule has 7 nitrogen and oxygen atoms in total. The molecule has 0 saturated carbocycles. The normalized spacial score (nSPS) is 14.1. The van der Waals surface area contributed by atoms with Crippen LogP contribution in [0.2, 0.25) is 0 Å². The molecule has 2 N–H and O–H groups in total. The molecular formula is C18H28N4O3. The SMILES string of the molecule is CCN(CC)CCNC(=O)Nc1ccc(N2CCCC2=O)c(OC)c1. The van der Waals surface area contributed by atoms with Crippen molar-refractivity contribution in [2.75, 3.05) is 50.1 Å². The number of nitrogens with zero attached hydrogens (tertiary/aromatic N) is 2. The summed E-state index contributed by atoms with van der Waals surface area (Å²) in [5.41, 5.74) is 1.38. The molecule has 25 heavy (non-hydrogen) atoms. The number of methoxy groups -OCH3 is 1. The Morgan fingerprint density at radius 2 is 2.08 bits per heavy atom. The first kappa shape index (κ1) is 19.1. The molecule has 3 amide bonds. The lowest BCUT2D eigenvalue weighted by Crippen LogP contribution is -2.36. The van der Waals surface area contributed by atoms with Crippen molar-refractivity contribution >= 4 is 23.3 Å². The molecular weight excluding hydrogens is 320 g/mol. The van der Waals surface area contributed by atoms with Gasteiger partial charge in [0.2, 0.25) is 5.91 Å². The van der Waals surface area contributed by atoms with Crippen LogP contribution in [0.4, 0.5) is 16.2 Å². The highest BCUT2D eigenvalue weighted by atomic mass is 16.5. The van der Waals surface area contributed by atoms with Crippen molar-refractivity contribution in [3.05, 3.63) is 18.2 Å². The zero-order chi connectivity index (χ0) is 18.2. The van der Waals surface area contributed by atoms with E-state index in [-0.39, 0.29) is 11.9 Å². The molecule has 0 bridgehead atoms. The summed E-state index contributed by atoms with van der Waals surface area (Å²) in [5, 5.41) is 5.65. The van der Waals surface area contributed by atoms with Crippen molar-refractivity contribution in [3.8, 4) is 5.75 Å². The lowest BCUT2D eigenvalue weighted by molar-refractivity contribution is -0.117. The molecule has 138 valence electrons. The van der Waals surface area contributed by atoms with Crippen molar-refractivity contribution in [2.45, 2.75) is 26.7 Å². The molecule has 7 heteroatoms. The number of hydrogen-bond acceptors (Lipinski definition) is 4. The van der Waals surface area contributed by atoms with Gasteiger partial charge in [-0.15, -0.1) is 0 Å². The highest BCUT2D eigenvalue weighted by Crippen LogP contribution is 2.33. The molecule has 1 saturated heterocycles. The second-order valence-corrected chi connectivity index (χ2v) is 5.94. The van der Waals surface area contributed by atoms with Gasteiger partial charge in [0, 0.05) is 37.8 Å². The van der Waals surface area contributed by atoms with Gasteiger partial charge in [-0.25, -0.2) is 4.79 Å². The van der Waals surface area contributed by atoms with Crippen molar-refractivity contribution in [3.63, 3.8) is 0 Å². The van der Waals surface area contributed by atoms with E-state index < -0.39 is 0 Å². The molecule has 1 aliphatic heterocycles. The Hall–Kier alpha value is -2.28. The smallest absolute Gasteiger partial charge is 0.319 e. The molecule has 2 rings (SSSR count). The number of hydrogen-bond donors (Lipinski definition) is 2. The molecule has 1 heterocycles. The van der Waals surface area contributed by atoms with Gasteiger partial charge in [-0.05, 0) is 31.6 Å². The summed E-state index contributed by atoms with van der Waals surface area (Å²) in [6.07, 6.45) is 1.43. The minimum absolute atomic E-state index is 0.105. The minimum atomic E-state index is -0.251. The maximum atomic E-state index is 12.0. The van der Waals surface area contributed by atoms with Gasteiger partial charge in [0.05, 0.1) is 12.8 Å². The first-order valence-corrected chi connectivity index (χ1v) is 8.84. The lowest BCUT2D eigenvalue weighted by Gasteiger charge is -2.20. The highest BCUT2D eigenvalue weighted by molar-refractivity contribution is 5.97. The standard InChI is InChI=1S/C18H28N4O3/c1-4-21(5-2)12-10-19-18(24)20-14-8-9-15(16(13-14)25-3)22-11-6-7-17(22)23/h8-9,13H,4-7,10-12H2,1-3H3,(H2,19,20,24). The summed E-state index contributed by atoms with van der Waals surface area (Å²) < 4.78 is 5.40. The number of likely N-dealkylation sites (N-methyl/N-ethyl adjacent to an activating group) is 1. The molecule has 1 fully saturated rings. The minimum Gasteiger partial charge on any atom is -0.494 e. The van der Waals surface area contributed by atoms with Gasteiger partial charge in [-0.1, -0.05) is 13.8 Å². The predicted molar refractivity (Wildman–Crippen MR) is 99.4 cm³/mol. The van der Waals surface area contributed by atoms with E-state index in [1.165, 1.54) is 0 Å². The van der Waals surface area contributed by atoms with E-state index in [0.29, 0.717) is 30.9 Å². The molecule has 1 aromatic rings. The van der Waals surface area contributed by atoms with Gasteiger partial charge in [0.25, 0.3) is 0 Å². The topological polar surface area (TPSA) is 73.9 Å². The van der Waals surface area contributed by atoms with Crippen LogP contribution in [0.25, 0.3) is 0 Å². The summed E-state index contributed by atoms with van der Waals surface area (Å²) in [6, 6.07) is 5.09. The molecule has 0 aliphatic carbocycles. The number of amides is 3. The van der Waals surface area contributed by atoms with Crippen LogP contribution in [0, 0.1) is 0 Å². The number of benzene rings is 1. The third-order valence-electron chi connectivity index (χ3n) is 4.41. The van der Waals surface area contributed by atoms with E-state index in [1.54, 1.807) is 24.1 Å². The molecule has 0 atom stereocenters. The van der Waals surface area contributed by atoms with Gasteiger partial charge in [0.1, 0.15) is 5.75 Å². The van der Waals surface area contributed by atoms with Crippen LogP contribution in [0.1, 0.15) is 26.7 Å². The first-order valence-electron chi connectivity index (χ1n) is 8.84. The van der Waals surface area contributed by atoms with Gasteiger partial charge in [-0.3, -0.25) is 4.79 Å². The Kier molecular flexibility index (Phi) is 7.06. The Morgan fingerprint density at radius 1 is 1.32 bits per heavy atom. The van der Waals surface area contributed by atoms with E-state index in [4.69, 9.17) is 4.74 Å². The Bertz CT molecular complexity index is 602. The van der Waals surface area contributed by atoms with Gasteiger partial charge < -0.3 is 25.2 Å². The van der Waals surface area contributed by atoms with E-state index in [9.17, 15) is 9.59 Å². The molecule has 0 unspecified atom stereocenters. The number of ether oxygens (including phenoxy) is 1. The predicted octanol–water partition coefficient (Wildman–Crippen LogP) is 2.29. The van der Waals surface area contributed by atoms with Crippen LogP contribution in [0.3, 0.4) is 0 Å². The van der Waals surface area contributed by atoms with Crippen LogP contribution in [0.5, 0.6) is 5.75 Å². The zero-order valence-electron chi connectivity index (χ0n) is 15.3. The average molecular weight is 348 g/mol. The molecule has 1 aromatic carbocycles. The Balaban J connectivity index is 1.94. The fraction of sp³-hybridized carbons (Fsp3) is 0.556. The summed E-state index contributed by atoms with van der Waals surface area (Å²) in [6.45, 7) is 8.24. The van der Waals surface area contributed by atoms with Crippen molar-refractivity contribution in [1.29, 1.82) is 0 Å². The highest BCUT2D eigenvalue weighted by Gasteiger charge is 2.24. The second kappa shape index (κ2) is 9.27. The Labute approximate surface area is 149 Å². The van der Waals surface area contributed by atoms with Gasteiger partial charge >= 0.3 is 6.03 Å². The number of nitrogens with one attached hydrogen (secondary N) is 2. The summed E-state index contributed by atoms with van der Waals surface area (Å²) in [4.78, 5) is 27.9. The largest absolute Gasteiger partial charge is 0.494 e. The summed E-state index contributed by atoms with van der Waals surface area (Å²) >= 11 is 0. The lowest BCUT2D eigenvalue weighted by atomic mass is 10.2. The number of anilines is 2. The number of carbonyl (C=O) groups is 2. The van der Waals surface area contributed by atoms with Crippen molar-refractivity contribution in [1.82, 2.24) is 10.2 Å². The van der Waals surface area contributed by atoms with E-state index in [0.717, 1.165) is 31.7 Å². The van der Waals surface area contributed by atoms with Crippen molar-refractivity contribution < 1.29 is 14.3 Å². The number of urea groups is 1. The van der Waals surface area contributed by atoms with Crippen LogP contribution in [-0.2, 0) is 4.79 Å². The fourth-order valence-electron chi connectivity index (χ4n) is 2.92. The third kappa shape index (κ3) is 5.09. The maximum absolute atomic E-state index is 12.0. The van der Waals surface area contributed by atoms with Crippen LogP contribution < -0.4 is 20.3 Å². The fourth-order valence-corrected chi connectivity index (χ4v) is 2.92. The number of carbonyl (C=O) groups excluding carboxylic acids is 2. The first-order chi connectivity index (χ1) is 12.1. The average Bonchev–Trinajstić information content (AvgIpc) is 3.04.